The summed E-state index contributed by atoms with van der Waals surface area (Å²) in [6.45, 7) is 6.94. The van der Waals surface area contributed by atoms with Crippen LogP contribution in [-0.4, -0.2) is 39.4 Å². The number of urea groups is 1. The average Bonchev–Trinajstić information content (AvgIpc) is 3.54. The topological polar surface area (TPSA) is 131 Å². The predicted molar refractivity (Wildman–Crippen MR) is 169 cm³/mol. The molecule has 212 valence electrons. The third-order valence-corrected chi connectivity index (χ3v) is 6.90. The molecule has 9 nitrogen and oxygen atoms in total. The number of tetrazole rings is 1. The average molecular weight is 559 g/mol. The molecule has 1 aromatic heterocycles. The number of aryl methyl sites for hydroxylation is 1. The third-order valence-electron chi connectivity index (χ3n) is 6.90. The van der Waals surface area contributed by atoms with Crippen molar-refractivity contribution in [2.75, 3.05) is 22.5 Å². The zero-order valence-corrected chi connectivity index (χ0v) is 23.8. The Hall–Kier alpha value is -5.31. The van der Waals surface area contributed by atoms with Crippen LogP contribution in [0.15, 0.2) is 91.0 Å². The summed E-state index contributed by atoms with van der Waals surface area (Å²) in [6, 6.07) is 29.0. The summed E-state index contributed by atoms with van der Waals surface area (Å²) in [4.78, 5) is 13.4. The van der Waals surface area contributed by atoms with Crippen molar-refractivity contribution in [3.8, 4) is 22.5 Å². The van der Waals surface area contributed by atoms with Gasteiger partial charge in [0.25, 0.3) is 0 Å². The lowest BCUT2D eigenvalue weighted by atomic mass is 9.87. The fourth-order valence-electron chi connectivity index (χ4n) is 4.82. The number of H-pyrrole nitrogens is 1. The molecule has 2 amide bonds. The van der Waals surface area contributed by atoms with Crippen LogP contribution < -0.4 is 16.0 Å². The molecule has 0 fully saturated rings. The van der Waals surface area contributed by atoms with E-state index in [1.54, 1.807) is 0 Å². The smallest absolute Gasteiger partial charge is 0.323 e. The maximum absolute atomic E-state index is 13.4. The van der Waals surface area contributed by atoms with Gasteiger partial charge in [-0.1, -0.05) is 86.1 Å². The van der Waals surface area contributed by atoms with Crippen molar-refractivity contribution in [3.05, 3.63) is 108 Å². The van der Waals surface area contributed by atoms with Gasteiger partial charge in [-0.05, 0) is 64.6 Å². The van der Waals surface area contributed by atoms with Crippen molar-refractivity contribution in [2.45, 2.75) is 26.7 Å². The van der Waals surface area contributed by atoms with Crippen molar-refractivity contribution >= 4 is 29.3 Å². The first kappa shape index (κ1) is 28.2. The molecular formula is C33H34N8O. The van der Waals surface area contributed by atoms with Crippen molar-refractivity contribution in [1.82, 2.24) is 20.6 Å². The van der Waals surface area contributed by atoms with Crippen LogP contribution in [0.2, 0.25) is 0 Å². The standard InChI is InChI=1S/C33H34N8O/c1-21(2)20-35-31-28(29(19-34)23-9-5-4-6-10-23)17-24(26-11-7-8-12-27(26)32-38-40-41-39-32)18-30(31)37-33(42)36-25-15-13-22(3)14-16-25/h4-19,21,29,34-35H,20H2,1-3H3,(H2,36,37,42)(H,38,39,40,41). The molecular weight excluding hydrogens is 524 g/mol. The largest absolute Gasteiger partial charge is 0.383 e. The normalized spacial score (nSPS) is 11.6. The molecule has 0 bridgehead atoms. The van der Waals surface area contributed by atoms with Crippen LogP contribution in [0, 0.1) is 18.3 Å². The first-order valence-electron chi connectivity index (χ1n) is 13.9. The zero-order valence-electron chi connectivity index (χ0n) is 23.8. The molecule has 42 heavy (non-hydrogen) atoms. The lowest BCUT2D eigenvalue weighted by Gasteiger charge is -2.24. The molecule has 0 aliphatic rings. The van der Waals surface area contributed by atoms with Crippen LogP contribution in [0.3, 0.4) is 0 Å². The Bertz CT molecular complexity index is 1650. The highest BCUT2D eigenvalue weighted by molar-refractivity contribution is 6.03. The van der Waals surface area contributed by atoms with Gasteiger partial charge >= 0.3 is 6.03 Å². The second kappa shape index (κ2) is 12.9. The third kappa shape index (κ3) is 6.52. The van der Waals surface area contributed by atoms with E-state index in [1.807, 2.05) is 91.9 Å². The highest BCUT2D eigenvalue weighted by atomic mass is 16.2. The fraction of sp³-hybridized carbons (Fsp3) is 0.182. The summed E-state index contributed by atoms with van der Waals surface area (Å²) in [6.07, 6.45) is 1.44. The number of carbonyl (C=O) groups is 1. The molecule has 1 heterocycles. The van der Waals surface area contributed by atoms with Crippen LogP contribution >= 0.6 is 0 Å². The lowest BCUT2D eigenvalue weighted by Crippen LogP contribution is -2.22. The lowest BCUT2D eigenvalue weighted by molar-refractivity contribution is 0.262. The number of nitrogens with zero attached hydrogens (tertiary/aromatic N) is 3. The Balaban J connectivity index is 1.67. The first-order valence-corrected chi connectivity index (χ1v) is 13.9. The Labute approximate surface area is 245 Å². The molecule has 0 saturated heterocycles. The number of aromatic nitrogens is 4. The van der Waals surface area contributed by atoms with Gasteiger partial charge < -0.3 is 21.4 Å². The van der Waals surface area contributed by atoms with Gasteiger partial charge in [0.2, 0.25) is 5.82 Å². The molecule has 0 radical (unpaired) electrons. The van der Waals surface area contributed by atoms with E-state index >= 15 is 0 Å². The van der Waals surface area contributed by atoms with Crippen molar-refractivity contribution in [3.63, 3.8) is 0 Å². The Morgan fingerprint density at radius 3 is 2.31 bits per heavy atom. The van der Waals surface area contributed by atoms with E-state index in [0.717, 1.165) is 39.1 Å². The molecule has 1 unspecified atom stereocenters. The van der Waals surface area contributed by atoms with Gasteiger partial charge in [-0.15, -0.1) is 10.2 Å². The highest BCUT2D eigenvalue weighted by Gasteiger charge is 2.23. The maximum atomic E-state index is 13.4. The number of benzene rings is 4. The van der Waals surface area contributed by atoms with Crippen LogP contribution in [0.4, 0.5) is 21.9 Å². The summed E-state index contributed by atoms with van der Waals surface area (Å²) >= 11 is 0. The van der Waals surface area contributed by atoms with Gasteiger partial charge in [0.05, 0.1) is 11.4 Å². The number of anilines is 3. The van der Waals surface area contributed by atoms with E-state index in [0.29, 0.717) is 29.7 Å². The number of rotatable bonds is 10. The van der Waals surface area contributed by atoms with Gasteiger partial charge in [-0.25, -0.2) is 4.79 Å². The molecule has 0 aliphatic carbocycles. The van der Waals surface area contributed by atoms with Gasteiger partial charge in [0.1, 0.15) is 0 Å². The number of nitrogens with one attached hydrogen (secondary N) is 5. The molecule has 0 saturated carbocycles. The SMILES string of the molecule is Cc1ccc(NC(=O)Nc2cc(-c3ccccc3-c3nn[nH]n3)cc(C(C=N)c3ccccc3)c2NCC(C)C)cc1. The van der Waals surface area contributed by atoms with E-state index in [9.17, 15) is 4.79 Å². The van der Waals surface area contributed by atoms with E-state index in [4.69, 9.17) is 5.41 Å². The summed E-state index contributed by atoms with van der Waals surface area (Å²) in [7, 11) is 0. The minimum absolute atomic E-state index is 0.348. The maximum Gasteiger partial charge on any atom is 0.323 e. The van der Waals surface area contributed by atoms with E-state index < -0.39 is 0 Å². The van der Waals surface area contributed by atoms with Gasteiger partial charge in [-0.2, -0.15) is 5.21 Å². The Morgan fingerprint density at radius 2 is 1.64 bits per heavy atom. The fourth-order valence-corrected chi connectivity index (χ4v) is 4.82. The van der Waals surface area contributed by atoms with Crippen molar-refractivity contribution in [2.24, 2.45) is 5.92 Å². The summed E-state index contributed by atoms with van der Waals surface area (Å²) < 4.78 is 0. The molecule has 0 spiro atoms. The monoisotopic (exact) mass is 558 g/mol. The minimum Gasteiger partial charge on any atom is -0.383 e. The minimum atomic E-state index is -0.368. The summed E-state index contributed by atoms with van der Waals surface area (Å²) in [5.41, 5.74) is 7.50. The van der Waals surface area contributed by atoms with Crippen molar-refractivity contribution in [1.29, 1.82) is 5.41 Å². The predicted octanol–water partition coefficient (Wildman–Crippen LogP) is 7.34. The van der Waals surface area contributed by atoms with Gasteiger partial charge in [0, 0.05) is 29.9 Å². The number of carbonyl (C=O) groups excluding carboxylic acids is 1. The zero-order chi connectivity index (χ0) is 29.5. The second-order valence-electron chi connectivity index (χ2n) is 10.5. The van der Waals surface area contributed by atoms with Crippen LogP contribution in [-0.2, 0) is 0 Å². The summed E-state index contributed by atoms with van der Waals surface area (Å²) in [5, 5.41) is 32.8. The number of hydrogen-bond donors (Lipinski definition) is 5. The van der Waals surface area contributed by atoms with Crippen LogP contribution in [0.5, 0.6) is 0 Å². The molecule has 1 atom stereocenters. The molecule has 5 rings (SSSR count). The van der Waals surface area contributed by atoms with Crippen LogP contribution in [0.1, 0.15) is 36.5 Å². The first-order chi connectivity index (χ1) is 20.4. The molecule has 5 N–H and O–H groups in total. The molecule has 5 aromatic rings. The Kier molecular flexibility index (Phi) is 8.67. The van der Waals surface area contributed by atoms with Crippen LogP contribution in [0.25, 0.3) is 22.5 Å². The number of aromatic amines is 1. The molecule has 9 heteroatoms. The van der Waals surface area contributed by atoms with E-state index in [2.05, 4.69) is 56.5 Å². The summed E-state index contributed by atoms with van der Waals surface area (Å²) in [5.74, 6) is 0.451. The number of amides is 2. The second-order valence-corrected chi connectivity index (χ2v) is 10.5. The number of hydrogen-bond acceptors (Lipinski definition) is 6. The quantitative estimate of drug-likeness (QED) is 0.114. The Morgan fingerprint density at radius 1 is 0.929 bits per heavy atom. The van der Waals surface area contributed by atoms with Gasteiger partial charge in [0.15, 0.2) is 0 Å². The van der Waals surface area contributed by atoms with E-state index in [-0.39, 0.29) is 11.9 Å². The molecule has 4 aromatic carbocycles. The van der Waals surface area contributed by atoms with Gasteiger partial charge in [-0.3, -0.25) is 0 Å². The van der Waals surface area contributed by atoms with Crippen molar-refractivity contribution < 1.29 is 4.79 Å². The van der Waals surface area contributed by atoms with E-state index in [1.165, 1.54) is 6.21 Å². The highest BCUT2D eigenvalue weighted by Crippen LogP contribution is 2.41. The molecule has 0 aliphatic heterocycles.